The molecular weight excluding hydrogens is 268 g/mol. The number of benzene rings is 1. The molecule has 0 amide bonds. The molecule has 2 heterocycles. The van der Waals surface area contributed by atoms with Gasteiger partial charge in [0.25, 0.3) is 0 Å². The minimum absolute atomic E-state index is 0.202. The van der Waals surface area contributed by atoms with Crippen LogP contribution in [0, 0.1) is 6.92 Å². The van der Waals surface area contributed by atoms with Crippen LogP contribution in [0.1, 0.15) is 5.56 Å². The van der Waals surface area contributed by atoms with Gasteiger partial charge in [-0.3, -0.25) is 0 Å². The molecule has 0 aliphatic heterocycles. The van der Waals surface area contributed by atoms with Crippen molar-refractivity contribution in [1.29, 1.82) is 0 Å². The van der Waals surface area contributed by atoms with E-state index in [-0.39, 0.29) is 5.28 Å². The second-order valence-corrected chi connectivity index (χ2v) is 5.04. The summed E-state index contributed by atoms with van der Waals surface area (Å²) in [5.74, 6) is 1.28. The summed E-state index contributed by atoms with van der Waals surface area (Å²) in [5.41, 5.74) is 1.05. The monoisotopic (exact) mass is 276 g/mol. The van der Waals surface area contributed by atoms with Gasteiger partial charge in [0.2, 0.25) is 11.2 Å². The number of hydrogen-bond donors (Lipinski definition) is 0. The Morgan fingerprint density at radius 1 is 1.17 bits per heavy atom. The predicted molar refractivity (Wildman–Crippen MR) is 73.7 cm³/mol. The molecule has 5 heteroatoms. The Labute approximate surface area is 113 Å². The molecule has 0 radical (unpaired) electrons. The number of rotatable bonds is 2. The Morgan fingerprint density at radius 3 is 2.83 bits per heavy atom. The number of nitrogens with zero attached hydrogens (tertiary/aromatic N) is 2. The Morgan fingerprint density at radius 2 is 2.00 bits per heavy atom. The van der Waals surface area contributed by atoms with E-state index in [4.69, 9.17) is 16.3 Å². The molecule has 3 nitrogen and oxygen atoms in total. The van der Waals surface area contributed by atoms with Crippen molar-refractivity contribution in [2.45, 2.75) is 6.92 Å². The van der Waals surface area contributed by atoms with Crippen molar-refractivity contribution in [2.24, 2.45) is 0 Å². The highest BCUT2D eigenvalue weighted by atomic mass is 35.5. The molecular formula is C13H9ClN2OS. The fourth-order valence-electron chi connectivity index (χ4n) is 1.66. The van der Waals surface area contributed by atoms with E-state index in [1.807, 2.05) is 42.6 Å². The Balaban J connectivity index is 2.10. The zero-order valence-corrected chi connectivity index (χ0v) is 11.1. The second-order valence-electron chi connectivity index (χ2n) is 3.80. The van der Waals surface area contributed by atoms with Crippen molar-refractivity contribution in [1.82, 2.24) is 9.97 Å². The van der Waals surface area contributed by atoms with Gasteiger partial charge in [0.1, 0.15) is 10.6 Å². The van der Waals surface area contributed by atoms with Crippen LogP contribution in [-0.4, -0.2) is 9.97 Å². The summed E-state index contributed by atoms with van der Waals surface area (Å²) in [4.78, 5) is 9.13. The van der Waals surface area contributed by atoms with Crippen LogP contribution >= 0.6 is 22.9 Å². The van der Waals surface area contributed by atoms with Crippen LogP contribution in [0.3, 0.4) is 0 Å². The summed E-state index contributed by atoms with van der Waals surface area (Å²) >= 11 is 7.41. The number of halogens is 1. The minimum atomic E-state index is 0.202. The summed E-state index contributed by atoms with van der Waals surface area (Å²) < 4.78 is 5.83. The summed E-state index contributed by atoms with van der Waals surface area (Å²) in [6, 6.07) is 9.72. The average Bonchev–Trinajstić information content (AvgIpc) is 2.80. The van der Waals surface area contributed by atoms with E-state index in [0.717, 1.165) is 21.5 Å². The number of hydrogen-bond acceptors (Lipinski definition) is 4. The van der Waals surface area contributed by atoms with Crippen molar-refractivity contribution >= 4 is 33.2 Å². The standard InChI is InChI=1S/C13H9ClN2OS/c1-8-4-2-3-5-10(8)17-11-9-6-7-18-12(9)16-13(14)15-11/h2-7H,1H3. The van der Waals surface area contributed by atoms with Crippen molar-refractivity contribution in [3.63, 3.8) is 0 Å². The average molecular weight is 277 g/mol. The molecule has 0 aliphatic rings. The van der Waals surface area contributed by atoms with Gasteiger partial charge >= 0.3 is 0 Å². The lowest BCUT2D eigenvalue weighted by atomic mass is 10.2. The molecule has 0 N–H and O–H groups in total. The predicted octanol–water partition coefficient (Wildman–Crippen LogP) is 4.45. The van der Waals surface area contributed by atoms with Gasteiger partial charge in [0.15, 0.2) is 0 Å². The second kappa shape index (κ2) is 4.55. The molecule has 0 saturated heterocycles. The first kappa shape index (κ1) is 11.4. The highest BCUT2D eigenvalue weighted by molar-refractivity contribution is 7.16. The van der Waals surface area contributed by atoms with Crippen LogP contribution < -0.4 is 4.74 Å². The van der Waals surface area contributed by atoms with Crippen LogP contribution in [0.25, 0.3) is 10.2 Å². The topological polar surface area (TPSA) is 35.0 Å². The first-order valence-corrected chi connectivity index (χ1v) is 6.64. The van der Waals surface area contributed by atoms with Crippen LogP contribution in [0.4, 0.5) is 0 Å². The first-order chi connectivity index (χ1) is 8.74. The lowest BCUT2D eigenvalue weighted by molar-refractivity contribution is 0.465. The fourth-order valence-corrected chi connectivity index (χ4v) is 2.62. The quantitative estimate of drug-likeness (QED) is 0.649. The third kappa shape index (κ3) is 2.05. The van der Waals surface area contributed by atoms with E-state index < -0.39 is 0 Å². The minimum Gasteiger partial charge on any atom is -0.438 e. The number of para-hydroxylation sites is 1. The molecule has 0 atom stereocenters. The third-order valence-corrected chi connectivity index (χ3v) is 3.54. The number of fused-ring (bicyclic) bond motifs is 1. The van der Waals surface area contributed by atoms with E-state index in [0.29, 0.717) is 5.88 Å². The highest BCUT2D eigenvalue weighted by Gasteiger charge is 2.10. The SMILES string of the molecule is Cc1ccccc1Oc1nc(Cl)nc2sccc12. The van der Waals surface area contributed by atoms with Crippen LogP contribution in [0.2, 0.25) is 5.28 Å². The number of ether oxygens (including phenoxy) is 1. The van der Waals surface area contributed by atoms with Gasteiger partial charge in [-0.2, -0.15) is 4.98 Å². The summed E-state index contributed by atoms with van der Waals surface area (Å²) in [6.45, 7) is 1.99. The zero-order chi connectivity index (χ0) is 12.5. The molecule has 1 aromatic carbocycles. The van der Waals surface area contributed by atoms with Gasteiger partial charge < -0.3 is 4.74 Å². The Bertz CT molecular complexity index is 711. The van der Waals surface area contributed by atoms with Gasteiger partial charge in [-0.1, -0.05) is 18.2 Å². The van der Waals surface area contributed by atoms with Gasteiger partial charge in [0.05, 0.1) is 5.39 Å². The fraction of sp³-hybridized carbons (Fsp3) is 0.0769. The maximum Gasteiger partial charge on any atom is 0.232 e. The van der Waals surface area contributed by atoms with Crippen molar-refractivity contribution in [3.8, 4) is 11.6 Å². The van der Waals surface area contributed by atoms with Crippen LogP contribution in [0.15, 0.2) is 35.7 Å². The smallest absolute Gasteiger partial charge is 0.232 e. The van der Waals surface area contributed by atoms with Gasteiger partial charge in [0, 0.05) is 0 Å². The molecule has 0 fully saturated rings. The zero-order valence-electron chi connectivity index (χ0n) is 9.55. The number of aromatic nitrogens is 2. The highest BCUT2D eigenvalue weighted by Crippen LogP contribution is 2.32. The molecule has 2 aromatic heterocycles. The molecule has 3 aromatic rings. The van der Waals surface area contributed by atoms with Gasteiger partial charge in [-0.25, -0.2) is 4.98 Å². The lowest BCUT2D eigenvalue weighted by Gasteiger charge is -2.08. The van der Waals surface area contributed by atoms with E-state index in [2.05, 4.69) is 9.97 Å². The number of thiophene rings is 1. The normalized spacial score (nSPS) is 10.8. The summed E-state index contributed by atoms with van der Waals surface area (Å²) in [7, 11) is 0. The molecule has 0 aliphatic carbocycles. The molecule has 90 valence electrons. The van der Waals surface area contributed by atoms with Crippen molar-refractivity contribution in [3.05, 3.63) is 46.6 Å². The molecule has 0 spiro atoms. The molecule has 18 heavy (non-hydrogen) atoms. The Kier molecular flexibility index (Phi) is 2.89. The third-order valence-electron chi connectivity index (χ3n) is 2.56. The van der Waals surface area contributed by atoms with E-state index in [1.165, 1.54) is 11.3 Å². The molecule has 0 saturated carbocycles. The summed E-state index contributed by atoms with van der Waals surface area (Å²) in [6.07, 6.45) is 0. The maximum atomic E-state index is 5.89. The largest absolute Gasteiger partial charge is 0.438 e. The number of aryl methyl sites for hydroxylation is 1. The first-order valence-electron chi connectivity index (χ1n) is 5.38. The van der Waals surface area contributed by atoms with Gasteiger partial charge in [-0.05, 0) is 41.6 Å². The van der Waals surface area contributed by atoms with E-state index in [9.17, 15) is 0 Å². The lowest BCUT2D eigenvalue weighted by Crippen LogP contribution is -1.92. The molecule has 0 unspecified atom stereocenters. The molecule has 0 bridgehead atoms. The van der Waals surface area contributed by atoms with Crippen molar-refractivity contribution in [2.75, 3.05) is 0 Å². The van der Waals surface area contributed by atoms with E-state index >= 15 is 0 Å². The van der Waals surface area contributed by atoms with Crippen LogP contribution in [0.5, 0.6) is 11.6 Å². The molecule has 3 rings (SSSR count). The van der Waals surface area contributed by atoms with Gasteiger partial charge in [-0.15, -0.1) is 11.3 Å². The summed E-state index contributed by atoms with van der Waals surface area (Å²) in [5, 5.41) is 3.03. The Hall–Kier alpha value is -1.65. The van der Waals surface area contributed by atoms with Crippen LogP contribution in [-0.2, 0) is 0 Å². The maximum absolute atomic E-state index is 5.89. The van der Waals surface area contributed by atoms with Crippen molar-refractivity contribution < 1.29 is 4.74 Å². The van der Waals surface area contributed by atoms with E-state index in [1.54, 1.807) is 0 Å².